The van der Waals surface area contributed by atoms with Gasteiger partial charge >= 0.3 is 0 Å². The number of hydrogen-bond acceptors (Lipinski definition) is 5. The molecule has 28 heavy (non-hydrogen) atoms. The van der Waals surface area contributed by atoms with E-state index < -0.39 is 6.10 Å². The van der Waals surface area contributed by atoms with E-state index in [1.165, 1.54) is 12.0 Å². The molecule has 0 spiro atoms. The minimum Gasteiger partial charge on any atom is -0.479 e. The second-order valence-corrected chi connectivity index (χ2v) is 6.26. The van der Waals surface area contributed by atoms with E-state index in [0.29, 0.717) is 22.8 Å². The molecule has 0 radical (unpaired) electrons. The predicted molar refractivity (Wildman–Crippen MR) is 104 cm³/mol. The molecule has 1 heterocycles. The number of ether oxygens (including phenoxy) is 2. The zero-order valence-electron chi connectivity index (χ0n) is 15.6. The molecule has 0 aliphatic carbocycles. The van der Waals surface area contributed by atoms with Gasteiger partial charge in [0.25, 0.3) is 5.91 Å². The van der Waals surface area contributed by atoms with Gasteiger partial charge < -0.3 is 20.1 Å². The molecule has 0 saturated heterocycles. The van der Waals surface area contributed by atoms with Crippen molar-refractivity contribution in [3.63, 3.8) is 0 Å². The number of carbonyl (C=O) groups is 3. The molecular weight excluding hydrogens is 362 g/mol. The Hall–Kier alpha value is -3.39. The summed E-state index contributed by atoms with van der Waals surface area (Å²) in [4.78, 5) is 38.2. The van der Waals surface area contributed by atoms with Crippen LogP contribution in [-0.2, 0) is 19.1 Å². The minimum absolute atomic E-state index is 0.0905. The van der Waals surface area contributed by atoms with Crippen LogP contribution in [-0.4, -0.2) is 44.1 Å². The Morgan fingerprint density at radius 2 is 1.79 bits per heavy atom. The summed E-state index contributed by atoms with van der Waals surface area (Å²) in [7, 11) is 1.42. The van der Waals surface area contributed by atoms with Gasteiger partial charge in [-0.25, -0.2) is 0 Å². The summed E-state index contributed by atoms with van der Waals surface area (Å²) in [5.41, 5.74) is 1.53. The molecule has 3 amide bonds. The average molecular weight is 383 g/mol. The Morgan fingerprint density at radius 1 is 1.07 bits per heavy atom. The largest absolute Gasteiger partial charge is 0.479 e. The highest BCUT2D eigenvalue weighted by Gasteiger charge is 2.33. The summed E-state index contributed by atoms with van der Waals surface area (Å²) in [5.74, 6) is -0.541. The first kappa shape index (κ1) is 19.4. The molecular formula is C20H21N3O5. The van der Waals surface area contributed by atoms with Crippen molar-refractivity contribution >= 4 is 34.8 Å². The number of nitrogens with zero attached hydrogens (tertiary/aromatic N) is 1. The van der Waals surface area contributed by atoms with Gasteiger partial charge in [0.15, 0.2) is 6.10 Å². The SMILES string of the molecule is COCC(=O)Nc1ccc2c(c1)N(CC(=O)Nc1ccccc1)C(=O)C(C)O2. The van der Waals surface area contributed by atoms with Crippen molar-refractivity contribution in [3.05, 3.63) is 48.5 Å². The molecule has 0 aromatic heterocycles. The van der Waals surface area contributed by atoms with Gasteiger partial charge in [-0.2, -0.15) is 0 Å². The van der Waals surface area contributed by atoms with E-state index in [4.69, 9.17) is 9.47 Å². The normalized spacial score (nSPS) is 15.4. The van der Waals surface area contributed by atoms with Crippen LogP contribution < -0.4 is 20.3 Å². The van der Waals surface area contributed by atoms with Crippen molar-refractivity contribution in [1.82, 2.24) is 0 Å². The van der Waals surface area contributed by atoms with E-state index in [0.717, 1.165) is 0 Å². The standard InChI is InChI=1S/C20H21N3O5/c1-13-20(26)23(11-18(24)21-14-6-4-3-5-7-14)16-10-15(8-9-17(16)28-13)22-19(25)12-27-2/h3-10,13H,11-12H2,1-2H3,(H,21,24)(H,22,25). The van der Waals surface area contributed by atoms with E-state index in [1.54, 1.807) is 37.3 Å². The van der Waals surface area contributed by atoms with Crippen LogP contribution in [0.4, 0.5) is 17.1 Å². The van der Waals surface area contributed by atoms with Gasteiger partial charge in [-0.1, -0.05) is 18.2 Å². The van der Waals surface area contributed by atoms with Crippen molar-refractivity contribution in [1.29, 1.82) is 0 Å². The molecule has 1 aliphatic rings. The Bertz CT molecular complexity index is 885. The monoisotopic (exact) mass is 383 g/mol. The lowest BCUT2D eigenvalue weighted by Gasteiger charge is -2.33. The number of rotatable bonds is 6. The molecule has 3 rings (SSSR count). The molecule has 0 saturated carbocycles. The lowest BCUT2D eigenvalue weighted by Crippen LogP contribution is -2.47. The summed E-state index contributed by atoms with van der Waals surface area (Å²) in [6.07, 6.45) is -0.717. The number of nitrogens with one attached hydrogen (secondary N) is 2. The van der Waals surface area contributed by atoms with Gasteiger partial charge in [-0.05, 0) is 37.3 Å². The van der Waals surface area contributed by atoms with Crippen LogP contribution in [0.1, 0.15) is 6.92 Å². The fourth-order valence-corrected chi connectivity index (χ4v) is 2.84. The zero-order valence-corrected chi connectivity index (χ0v) is 15.6. The Kier molecular flexibility index (Phi) is 5.90. The molecule has 2 aromatic rings. The van der Waals surface area contributed by atoms with Crippen molar-refractivity contribution < 1.29 is 23.9 Å². The number of carbonyl (C=O) groups excluding carboxylic acids is 3. The Labute approximate surface area is 162 Å². The maximum absolute atomic E-state index is 12.6. The van der Waals surface area contributed by atoms with Crippen LogP contribution in [0.5, 0.6) is 5.75 Å². The number of hydrogen-bond donors (Lipinski definition) is 2. The van der Waals surface area contributed by atoms with Gasteiger partial charge in [0.2, 0.25) is 11.8 Å². The quantitative estimate of drug-likeness (QED) is 0.796. The third-order valence-electron chi connectivity index (χ3n) is 4.09. The number of anilines is 3. The number of benzene rings is 2. The number of methoxy groups -OCH3 is 1. The van der Waals surface area contributed by atoms with Gasteiger partial charge in [-0.15, -0.1) is 0 Å². The van der Waals surface area contributed by atoms with Gasteiger partial charge in [-0.3, -0.25) is 19.3 Å². The van der Waals surface area contributed by atoms with E-state index in [2.05, 4.69) is 10.6 Å². The predicted octanol–water partition coefficient (Wildman–Crippen LogP) is 2.02. The third-order valence-corrected chi connectivity index (χ3v) is 4.09. The molecule has 8 nitrogen and oxygen atoms in total. The maximum Gasteiger partial charge on any atom is 0.268 e. The van der Waals surface area contributed by atoms with Gasteiger partial charge in [0, 0.05) is 18.5 Å². The van der Waals surface area contributed by atoms with E-state index >= 15 is 0 Å². The van der Waals surface area contributed by atoms with E-state index in [1.807, 2.05) is 18.2 Å². The summed E-state index contributed by atoms with van der Waals surface area (Å²) >= 11 is 0. The van der Waals surface area contributed by atoms with Gasteiger partial charge in [0.1, 0.15) is 18.9 Å². The average Bonchev–Trinajstić information content (AvgIpc) is 2.67. The summed E-state index contributed by atoms with van der Waals surface area (Å²) in [6, 6.07) is 13.9. The molecule has 1 aliphatic heterocycles. The highest BCUT2D eigenvalue weighted by molar-refractivity contribution is 6.06. The van der Waals surface area contributed by atoms with Crippen LogP contribution in [0.2, 0.25) is 0 Å². The maximum atomic E-state index is 12.6. The van der Waals surface area contributed by atoms with Crippen molar-refractivity contribution in [2.75, 3.05) is 35.8 Å². The van der Waals surface area contributed by atoms with Crippen molar-refractivity contribution in [2.24, 2.45) is 0 Å². The van der Waals surface area contributed by atoms with E-state index in [9.17, 15) is 14.4 Å². The summed E-state index contributed by atoms with van der Waals surface area (Å²) < 4.78 is 10.4. The molecule has 1 unspecified atom stereocenters. The molecule has 1 atom stereocenters. The number of fused-ring (bicyclic) bond motifs is 1. The lowest BCUT2D eigenvalue weighted by molar-refractivity contribution is -0.127. The fourth-order valence-electron chi connectivity index (χ4n) is 2.84. The first-order valence-electron chi connectivity index (χ1n) is 8.73. The van der Waals surface area contributed by atoms with Crippen LogP contribution in [0.15, 0.2) is 48.5 Å². The molecule has 0 bridgehead atoms. The van der Waals surface area contributed by atoms with Crippen LogP contribution in [0.25, 0.3) is 0 Å². The highest BCUT2D eigenvalue weighted by Crippen LogP contribution is 2.36. The van der Waals surface area contributed by atoms with E-state index in [-0.39, 0.29) is 30.9 Å². The zero-order chi connectivity index (χ0) is 20.1. The van der Waals surface area contributed by atoms with Crippen LogP contribution in [0.3, 0.4) is 0 Å². The van der Waals surface area contributed by atoms with Crippen LogP contribution >= 0.6 is 0 Å². The van der Waals surface area contributed by atoms with Crippen LogP contribution in [0, 0.1) is 0 Å². The summed E-state index contributed by atoms with van der Waals surface area (Å²) in [5, 5.41) is 5.43. The Morgan fingerprint density at radius 3 is 2.50 bits per heavy atom. The summed E-state index contributed by atoms with van der Waals surface area (Å²) in [6.45, 7) is 1.36. The fraction of sp³-hybridized carbons (Fsp3) is 0.250. The first-order chi connectivity index (χ1) is 13.5. The molecule has 2 aromatic carbocycles. The second-order valence-electron chi connectivity index (χ2n) is 6.26. The lowest BCUT2D eigenvalue weighted by atomic mass is 10.1. The molecule has 8 heteroatoms. The third kappa shape index (κ3) is 4.47. The smallest absolute Gasteiger partial charge is 0.268 e. The second kappa shape index (κ2) is 8.53. The van der Waals surface area contributed by atoms with Crippen molar-refractivity contribution in [2.45, 2.75) is 13.0 Å². The molecule has 0 fully saturated rings. The number of para-hydroxylation sites is 1. The molecule has 2 N–H and O–H groups in total. The number of amides is 3. The topological polar surface area (TPSA) is 97.0 Å². The first-order valence-corrected chi connectivity index (χ1v) is 8.73. The minimum atomic E-state index is -0.717. The van der Waals surface area contributed by atoms with Crippen molar-refractivity contribution in [3.8, 4) is 5.75 Å². The van der Waals surface area contributed by atoms with Gasteiger partial charge in [0.05, 0.1) is 5.69 Å². The highest BCUT2D eigenvalue weighted by atomic mass is 16.5. The molecule has 146 valence electrons. The Balaban J connectivity index is 1.81.